The fourth-order valence-electron chi connectivity index (χ4n) is 2.35. The molecule has 0 saturated carbocycles. The molecule has 3 N–H and O–H groups in total. The van der Waals surface area contributed by atoms with E-state index in [1.54, 1.807) is 56.5 Å². The highest BCUT2D eigenvalue weighted by Crippen LogP contribution is 2.24. The topological polar surface area (TPSA) is 104 Å². The fraction of sp³-hybridized carbons (Fsp3) is 0.333. The summed E-state index contributed by atoms with van der Waals surface area (Å²) in [6.45, 7) is 5.09. The predicted octanol–water partition coefficient (Wildman–Crippen LogP) is 2.97. The minimum atomic E-state index is -3.43. The molecule has 27 heavy (non-hydrogen) atoms. The molecule has 0 aliphatic carbocycles. The number of carbonyl (C=O) groups excluding carboxylic acids is 2. The van der Waals surface area contributed by atoms with Crippen LogP contribution >= 0.6 is 11.3 Å². The normalized spacial score (nSPS) is 12.3. The minimum Gasteiger partial charge on any atom is -0.340 e. The minimum absolute atomic E-state index is 0.0226. The van der Waals surface area contributed by atoms with E-state index in [0.717, 1.165) is 0 Å². The lowest BCUT2D eigenvalue weighted by molar-refractivity contribution is -0.117. The first kappa shape index (κ1) is 20.9. The highest BCUT2D eigenvalue weighted by Gasteiger charge is 2.19. The summed E-state index contributed by atoms with van der Waals surface area (Å²) in [6.07, 6.45) is 0.506. The number of rotatable bonds is 8. The van der Waals surface area contributed by atoms with Gasteiger partial charge >= 0.3 is 0 Å². The van der Waals surface area contributed by atoms with Crippen molar-refractivity contribution in [2.75, 3.05) is 15.8 Å². The monoisotopic (exact) mass is 409 g/mol. The Morgan fingerprint density at radius 3 is 2.48 bits per heavy atom. The Morgan fingerprint density at radius 1 is 1.15 bits per heavy atom. The van der Waals surface area contributed by atoms with E-state index in [-0.39, 0.29) is 11.7 Å². The van der Waals surface area contributed by atoms with Crippen molar-refractivity contribution < 1.29 is 18.0 Å². The maximum absolute atomic E-state index is 12.4. The van der Waals surface area contributed by atoms with Gasteiger partial charge in [0.05, 0.1) is 16.3 Å². The van der Waals surface area contributed by atoms with E-state index in [4.69, 9.17) is 0 Å². The van der Waals surface area contributed by atoms with Crippen LogP contribution in [0.2, 0.25) is 0 Å². The van der Waals surface area contributed by atoms with Crippen molar-refractivity contribution in [2.45, 2.75) is 33.2 Å². The third-order valence-corrected chi connectivity index (χ3v) is 6.16. The smallest absolute Gasteiger partial charge is 0.261 e. The molecule has 2 rings (SSSR count). The van der Waals surface area contributed by atoms with E-state index in [2.05, 4.69) is 15.4 Å². The van der Waals surface area contributed by atoms with Gasteiger partial charge in [-0.1, -0.05) is 19.1 Å². The van der Waals surface area contributed by atoms with Gasteiger partial charge in [0.15, 0.2) is 0 Å². The molecule has 0 spiro atoms. The molecule has 0 fully saturated rings. The number of carbonyl (C=O) groups is 2. The van der Waals surface area contributed by atoms with Crippen molar-refractivity contribution in [2.24, 2.45) is 0 Å². The highest BCUT2D eigenvalue weighted by molar-refractivity contribution is 7.92. The van der Waals surface area contributed by atoms with E-state index in [1.807, 2.05) is 0 Å². The predicted molar refractivity (Wildman–Crippen MR) is 109 cm³/mol. The van der Waals surface area contributed by atoms with Crippen LogP contribution in [-0.4, -0.2) is 32.0 Å². The van der Waals surface area contributed by atoms with E-state index in [1.165, 1.54) is 11.3 Å². The Balaban J connectivity index is 2.07. The van der Waals surface area contributed by atoms with Crippen molar-refractivity contribution in [3.8, 4) is 0 Å². The molecule has 0 bridgehead atoms. The van der Waals surface area contributed by atoms with Crippen LogP contribution < -0.4 is 15.4 Å². The molecule has 7 nitrogen and oxygen atoms in total. The molecule has 2 amide bonds. The van der Waals surface area contributed by atoms with Crippen molar-refractivity contribution in [1.29, 1.82) is 0 Å². The van der Waals surface area contributed by atoms with Gasteiger partial charge in [-0.2, -0.15) is 0 Å². The zero-order valence-corrected chi connectivity index (χ0v) is 17.0. The number of hydrogen-bond donors (Lipinski definition) is 3. The lowest BCUT2D eigenvalue weighted by Crippen LogP contribution is -2.41. The molecule has 0 aliphatic rings. The zero-order valence-electron chi connectivity index (χ0n) is 15.4. The summed E-state index contributed by atoms with van der Waals surface area (Å²) in [5.41, 5.74) is 1.49. The van der Waals surface area contributed by atoms with E-state index >= 15 is 0 Å². The lowest BCUT2D eigenvalue weighted by atomic mass is 10.1. The molecule has 0 saturated heterocycles. The Kier molecular flexibility index (Phi) is 6.98. The Bertz CT molecular complexity index is 909. The average Bonchev–Trinajstić information content (AvgIpc) is 3.12. The van der Waals surface area contributed by atoms with E-state index in [0.29, 0.717) is 28.2 Å². The van der Waals surface area contributed by atoms with Gasteiger partial charge in [0.25, 0.3) is 5.91 Å². The first-order valence-corrected chi connectivity index (χ1v) is 11.0. The molecule has 1 aromatic carbocycles. The molecule has 1 atom stereocenters. The third kappa shape index (κ3) is 5.80. The number of sulfonamides is 1. The SMILES string of the molecule is CCCS(=O)(=O)Nc1cccc(NC(=O)C(C)NC(=O)c2cccs2)c1C. The van der Waals surface area contributed by atoms with Gasteiger partial charge in [0.1, 0.15) is 6.04 Å². The molecular weight excluding hydrogens is 386 g/mol. The first-order chi connectivity index (χ1) is 12.7. The van der Waals surface area contributed by atoms with Crippen LogP contribution in [0.3, 0.4) is 0 Å². The number of nitrogens with one attached hydrogen (secondary N) is 3. The van der Waals surface area contributed by atoms with Gasteiger partial charge in [-0.25, -0.2) is 8.42 Å². The van der Waals surface area contributed by atoms with Crippen LogP contribution in [0, 0.1) is 6.92 Å². The summed E-state index contributed by atoms with van der Waals surface area (Å²) in [5.74, 6) is -0.684. The van der Waals surface area contributed by atoms with Crippen molar-refractivity contribution >= 4 is 44.5 Å². The van der Waals surface area contributed by atoms with Crippen molar-refractivity contribution in [1.82, 2.24) is 5.32 Å². The number of thiophene rings is 1. The lowest BCUT2D eigenvalue weighted by Gasteiger charge is -2.17. The van der Waals surface area contributed by atoms with Crippen LogP contribution in [0.5, 0.6) is 0 Å². The van der Waals surface area contributed by atoms with Gasteiger partial charge in [-0.15, -0.1) is 11.3 Å². The van der Waals surface area contributed by atoms with Crippen LogP contribution in [-0.2, 0) is 14.8 Å². The molecule has 2 aromatic rings. The maximum Gasteiger partial charge on any atom is 0.261 e. The number of amides is 2. The van der Waals surface area contributed by atoms with Crippen LogP contribution in [0.15, 0.2) is 35.7 Å². The van der Waals surface area contributed by atoms with Crippen molar-refractivity contribution in [3.63, 3.8) is 0 Å². The molecule has 1 heterocycles. The maximum atomic E-state index is 12.4. The molecule has 9 heteroatoms. The third-order valence-electron chi connectivity index (χ3n) is 3.82. The second kappa shape index (κ2) is 9.01. The van der Waals surface area contributed by atoms with Gasteiger partial charge < -0.3 is 10.6 Å². The summed E-state index contributed by atoms with van der Waals surface area (Å²) in [5, 5.41) is 7.16. The second-order valence-corrected chi connectivity index (χ2v) is 8.85. The summed E-state index contributed by atoms with van der Waals surface area (Å²) in [4.78, 5) is 25.0. The zero-order chi connectivity index (χ0) is 20.0. The summed E-state index contributed by atoms with van der Waals surface area (Å²) in [6, 6.07) is 7.67. The molecule has 1 unspecified atom stereocenters. The summed E-state index contributed by atoms with van der Waals surface area (Å²) in [7, 11) is -3.43. The first-order valence-electron chi connectivity index (χ1n) is 8.49. The van der Waals surface area contributed by atoms with Crippen molar-refractivity contribution in [3.05, 3.63) is 46.2 Å². The number of hydrogen-bond acceptors (Lipinski definition) is 5. The van der Waals surface area contributed by atoms with Crippen LogP contribution in [0.1, 0.15) is 35.5 Å². The van der Waals surface area contributed by atoms with Gasteiger partial charge in [0.2, 0.25) is 15.9 Å². The van der Waals surface area contributed by atoms with E-state index < -0.39 is 22.0 Å². The van der Waals surface area contributed by atoms with Gasteiger partial charge in [0, 0.05) is 5.69 Å². The summed E-state index contributed by atoms with van der Waals surface area (Å²) < 4.78 is 26.5. The number of anilines is 2. The molecule has 1 aromatic heterocycles. The Labute approximate surface area is 163 Å². The Morgan fingerprint density at radius 2 is 1.85 bits per heavy atom. The fourth-order valence-corrected chi connectivity index (χ4v) is 4.17. The molecule has 0 radical (unpaired) electrons. The van der Waals surface area contributed by atoms with Gasteiger partial charge in [-0.05, 0) is 49.4 Å². The standard InChI is InChI=1S/C18H23N3O4S2/c1-4-11-27(24,25)21-15-8-5-7-14(12(15)2)20-17(22)13(3)19-18(23)16-9-6-10-26-16/h5-10,13,21H,4,11H2,1-3H3,(H,19,23)(H,20,22). The Hall–Kier alpha value is -2.39. The average molecular weight is 410 g/mol. The second-order valence-electron chi connectivity index (χ2n) is 6.06. The van der Waals surface area contributed by atoms with Crippen LogP contribution in [0.4, 0.5) is 11.4 Å². The molecule has 0 aliphatic heterocycles. The van der Waals surface area contributed by atoms with Gasteiger partial charge in [-0.3, -0.25) is 14.3 Å². The largest absolute Gasteiger partial charge is 0.340 e. The molecular formula is C18H23N3O4S2. The van der Waals surface area contributed by atoms with E-state index in [9.17, 15) is 18.0 Å². The number of benzene rings is 1. The summed E-state index contributed by atoms with van der Waals surface area (Å²) >= 11 is 1.29. The molecule has 146 valence electrons. The van der Waals surface area contributed by atoms with Crippen LogP contribution in [0.25, 0.3) is 0 Å². The quantitative estimate of drug-likeness (QED) is 0.623. The highest BCUT2D eigenvalue weighted by atomic mass is 32.2.